The monoisotopic (exact) mass is 243 g/mol. The molecule has 5 nitrogen and oxygen atoms in total. The van der Waals surface area contributed by atoms with Crippen LogP contribution in [-0.2, 0) is 0 Å². The number of anilines is 1. The highest BCUT2D eigenvalue weighted by Crippen LogP contribution is 2.26. The van der Waals surface area contributed by atoms with Crippen LogP contribution in [0.25, 0.3) is 0 Å². The Morgan fingerprint density at radius 2 is 2.00 bits per heavy atom. The van der Waals surface area contributed by atoms with E-state index >= 15 is 0 Å². The lowest BCUT2D eigenvalue weighted by atomic mass is 9.96. The minimum atomic E-state index is -1.36. The molecule has 2 rings (SSSR count). The number of hydrogen-bond donors (Lipinski definition) is 3. The number of aliphatic hydroxyl groups is 1. The van der Waals surface area contributed by atoms with Crippen molar-refractivity contribution in [1.82, 2.24) is 0 Å². The fourth-order valence-electron chi connectivity index (χ4n) is 1.63. The van der Waals surface area contributed by atoms with Gasteiger partial charge in [-0.2, -0.15) is 5.26 Å². The molecule has 0 radical (unpaired) electrons. The van der Waals surface area contributed by atoms with Gasteiger partial charge in [0.25, 0.3) is 0 Å². The third-order valence-electron chi connectivity index (χ3n) is 2.59. The average molecular weight is 243 g/mol. The number of aliphatic hydroxyl groups excluding tert-OH is 1. The fraction of sp³-hybridized carbons (Fsp3) is 0.154. The molecule has 0 aromatic heterocycles. The van der Waals surface area contributed by atoms with E-state index < -0.39 is 11.8 Å². The van der Waals surface area contributed by atoms with E-state index in [-0.39, 0.29) is 5.57 Å². The Morgan fingerprint density at radius 1 is 1.33 bits per heavy atom. The summed E-state index contributed by atoms with van der Waals surface area (Å²) in [6.07, 6.45) is 3.48. The summed E-state index contributed by atoms with van der Waals surface area (Å²) in [4.78, 5) is 0. The number of nitrogens with two attached hydrogens (primary N) is 2. The predicted octanol–water partition coefficient (Wildman–Crippen LogP) is 0.683. The fourth-order valence-corrected chi connectivity index (χ4v) is 1.63. The van der Waals surface area contributed by atoms with Crippen LogP contribution in [0.2, 0.25) is 0 Å². The number of nitriles is 1. The topological polar surface area (TPSA) is 105 Å². The van der Waals surface area contributed by atoms with Crippen LogP contribution in [0.5, 0.6) is 5.75 Å². The van der Waals surface area contributed by atoms with Gasteiger partial charge in [-0.3, -0.25) is 5.73 Å². The Morgan fingerprint density at radius 3 is 2.61 bits per heavy atom. The lowest BCUT2D eigenvalue weighted by molar-refractivity contribution is 0.160. The number of benzene rings is 1. The van der Waals surface area contributed by atoms with Crippen molar-refractivity contribution in [2.24, 2.45) is 5.73 Å². The summed E-state index contributed by atoms with van der Waals surface area (Å²) in [6.45, 7) is 0. The zero-order chi connectivity index (χ0) is 13.2. The van der Waals surface area contributed by atoms with Crippen molar-refractivity contribution in [3.63, 3.8) is 0 Å². The second-order valence-corrected chi connectivity index (χ2v) is 4.01. The lowest BCUT2D eigenvalue weighted by Gasteiger charge is -2.29. The number of hydrogen-bond acceptors (Lipinski definition) is 5. The molecule has 0 fully saturated rings. The van der Waals surface area contributed by atoms with E-state index in [1.807, 2.05) is 6.07 Å². The number of nitrogen functional groups attached to an aromatic ring is 1. The van der Waals surface area contributed by atoms with Gasteiger partial charge < -0.3 is 15.6 Å². The molecule has 2 unspecified atom stereocenters. The summed E-state index contributed by atoms with van der Waals surface area (Å²) >= 11 is 0. The first-order valence-electron chi connectivity index (χ1n) is 5.37. The van der Waals surface area contributed by atoms with Gasteiger partial charge >= 0.3 is 0 Å². The standard InChI is InChI=1S/C13H13N3O2/c14-8-9-7-11(17)5-6-13(9,16)18-12-3-1-10(15)2-4-12/h1-7,11,17H,15-16H2. The zero-order valence-corrected chi connectivity index (χ0v) is 9.58. The van der Waals surface area contributed by atoms with E-state index in [2.05, 4.69) is 0 Å². The van der Waals surface area contributed by atoms with Crippen molar-refractivity contribution in [3.8, 4) is 11.8 Å². The van der Waals surface area contributed by atoms with Crippen molar-refractivity contribution in [2.45, 2.75) is 11.8 Å². The van der Waals surface area contributed by atoms with Gasteiger partial charge in [0.1, 0.15) is 11.8 Å². The molecule has 1 aliphatic rings. The smallest absolute Gasteiger partial charge is 0.213 e. The summed E-state index contributed by atoms with van der Waals surface area (Å²) in [5, 5.41) is 18.4. The Balaban J connectivity index is 2.27. The summed E-state index contributed by atoms with van der Waals surface area (Å²) in [5.41, 5.74) is 11.0. The Bertz CT molecular complexity index is 542. The third kappa shape index (κ3) is 2.35. The molecule has 5 N–H and O–H groups in total. The molecule has 0 bridgehead atoms. The van der Waals surface area contributed by atoms with Crippen LogP contribution in [0.3, 0.4) is 0 Å². The summed E-state index contributed by atoms with van der Waals surface area (Å²) in [7, 11) is 0. The highest BCUT2D eigenvalue weighted by atomic mass is 16.5. The van der Waals surface area contributed by atoms with Crippen LogP contribution in [0.4, 0.5) is 5.69 Å². The van der Waals surface area contributed by atoms with Gasteiger partial charge in [0.05, 0.1) is 11.7 Å². The largest absolute Gasteiger partial charge is 0.464 e. The third-order valence-corrected chi connectivity index (χ3v) is 2.59. The van der Waals surface area contributed by atoms with Crippen molar-refractivity contribution >= 4 is 5.69 Å². The van der Waals surface area contributed by atoms with Crippen LogP contribution in [0.1, 0.15) is 0 Å². The van der Waals surface area contributed by atoms with Crippen molar-refractivity contribution in [3.05, 3.63) is 48.1 Å². The van der Waals surface area contributed by atoms with Crippen molar-refractivity contribution in [2.75, 3.05) is 5.73 Å². The molecule has 1 aromatic carbocycles. The van der Waals surface area contributed by atoms with Crippen LogP contribution in [-0.4, -0.2) is 16.9 Å². The molecular weight excluding hydrogens is 230 g/mol. The van der Waals surface area contributed by atoms with E-state index in [1.54, 1.807) is 24.3 Å². The summed E-state index contributed by atoms with van der Waals surface area (Å²) < 4.78 is 5.58. The maximum atomic E-state index is 9.40. The quantitative estimate of drug-likeness (QED) is 0.402. The van der Waals surface area contributed by atoms with Crippen LogP contribution in [0.15, 0.2) is 48.1 Å². The second-order valence-electron chi connectivity index (χ2n) is 4.01. The molecule has 0 aliphatic heterocycles. The Kier molecular flexibility index (Phi) is 3.06. The van der Waals surface area contributed by atoms with E-state index in [0.717, 1.165) is 0 Å². The van der Waals surface area contributed by atoms with E-state index in [4.69, 9.17) is 21.5 Å². The number of rotatable bonds is 2. The minimum Gasteiger partial charge on any atom is -0.464 e. The van der Waals surface area contributed by atoms with Crippen molar-refractivity contribution < 1.29 is 9.84 Å². The maximum absolute atomic E-state index is 9.40. The van der Waals surface area contributed by atoms with Crippen LogP contribution < -0.4 is 16.2 Å². The van der Waals surface area contributed by atoms with E-state index in [9.17, 15) is 5.11 Å². The van der Waals surface area contributed by atoms with Crippen molar-refractivity contribution in [1.29, 1.82) is 5.26 Å². The molecule has 0 saturated heterocycles. The summed E-state index contributed by atoms with van der Waals surface area (Å²) in [5.74, 6) is 0.494. The highest BCUT2D eigenvalue weighted by molar-refractivity contribution is 5.45. The first-order chi connectivity index (χ1) is 8.53. The first-order valence-corrected chi connectivity index (χ1v) is 5.37. The Labute approximate surface area is 105 Å². The normalized spacial score (nSPS) is 26.3. The molecule has 0 amide bonds. The first kappa shape index (κ1) is 12.2. The molecule has 92 valence electrons. The number of ether oxygens (including phenoxy) is 1. The maximum Gasteiger partial charge on any atom is 0.213 e. The van der Waals surface area contributed by atoms with Gasteiger partial charge in [0.15, 0.2) is 0 Å². The van der Waals surface area contributed by atoms with Gasteiger partial charge in [-0.05, 0) is 36.4 Å². The molecule has 0 saturated carbocycles. The molecule has 0 spiro atoms. The van der Waals surface area contributed by atoms with Gasteiger partial charge in [0.2, 0.25) is 5.72 Å². The molecule has 1 aromatic rings. The lowest BCUT2D eigenvalue weighted by Crippen LogP contribution is -2.47. The molecular formula is C13H13N3O2. The average Bonchev–Trinajstić information content (AvgIpc) is 2.35. The van der Waals surface area contributed by atoms with Gasteiger partial charge in [-0.15, -0.1) is 0 Å². The zero-order valence-electron chi connectivity index (χ0n) is 9.58. The van der Waals surface area contributed by atoms with Gasteiger partial charge in [-0.1, -0.05) is 6.08 Å². The molecule has 18 heavy (non-hydrogen) atoms. The predicted molar refractivity (Wildman–Crippen MR) is 67.2 cm³/mol. The van der Waals surface area contributed by atoms with Crippen LogP contribution >= 0.6 is 0 Å². The Hall–Kier alpha value is -2.29. The second kappa shape index (κ2) is 4.53. The molecule has 2 atom stereocenters. The molecule has 0 heterocycles. The van der Waals surface area contributed by atoms with E-state index in [0.29, 0.717) is 11.4 Å². The molecule has 1 aliphatic carbocycles. The van der Waals surface area contributed by atoms with Gasteiger partial charge in [-0.25, -0.2) is 0 Å². The highest BCUT2D eigenvalue weighted by Gasteiger charge is 2.32. The van der Waals surface area contributed by atoms with Gasteiger partial charge in [0, 0.05) is 5.69 Å². The number of nitrogens with zero attached hydrogens (tertiary/aromatic N) is 1. The summed E-state index contributed by atoms with van der Waals surface area (Å²) in [6, 6.07) is 8.61. The SMILES string of the molecule is N#CC1=CC(O)C=CC1(N)Oc1ccc(N)cc1. The molecule has 5 heteroatoms. The van der Waals surface area contributed by atoms with Crippen LogP contribution in [0, 0.1) is 11.3 Å². The van der Waals surface area contributed by atoms with E-state index in [1.165, 1.54) is 18.2 Å². The minimum absolute atomic E-state index is 0.161.